The number of aryl methyl sites for hydroxylation is 2. The molecule has 0 spiro atoms. The van der Waals surface area contributed by atoms with Crippen LogP contribution in [0.25, 0.3) is 0 Å². The van der Waals surface area contributed by atoms with E-state index in [0.717, 1.165) is 5.69 Å². The molecule has 2 aromatic heterocycles. The van der Waals surface area contributed by atoms with E-state index in [1.54, 1.807) is 29.9 Å². The summed E-state index contributed by atoms with van der Waals surface area (Å²) in [6.07, 6.45) is 1.47. The van der Waals surface area contributed by atoms with E-state index >= 15 is 0 Å². The van der Waals surface area contributed by atoms with Gasteiger partial charge in [-0.25, -0.2) is 9.67 Å². The van der Waals surface area contributed by atoms with Gasteiger partial charge in [-0.2, -0.15) is 5.10 Å². The van der Waals surface area contributed by atoms with E-state index in [-0.39, 0.29) is 5.84 Å². The Morgan fingerprint density at radius 1 is 1.50 bits per heavy atom. The van der Waals surface area contributed by atoms with Gasteiger partial charge < -0.3 is 15.7 Å². The van der Waals surface area contributed by atoms with Crippen molar-refractivity contribution in [1.29, 1.82) is 0 Å². The second-order valence-electron chi connectivity index (χ2n) is 3.72. The Labute approximate surface area is 104 Å². The van der Waals surface area contributed by atoms with Crippen molar-refractivity contribution in [2.75, 3.05) is 0 Å². The van der Waals surface area contributed by atoms with Crippen LogP contribution in [-0.2, 0) is 7.05 Å². The van der Waals surface area contributed by atoms with Crippen LogP contribution in [0.4, 0.5) is 0 Å². The Hall–Kier alpha value is -2.57. The summed E-state index contributed by atoms with van der Waals surface area (Å²) in [5.41, 5.74) is 6.81. The van der Waals surface area contributed by atoms with Crippen molar-refractivity contribution in [2.45, 2.75) is 6.92 Å². The number of amidine groups is 1. The smallest absolute Gasteiger partial charge is 0.221 e. The topological polar surface area (TPSA) is 98.5 Å². The standard InChI is InChI=1S/C11H13N5O2/c1-7-5-10(16(2)14-7)18-9-4-3-8(6-13-9)11(12)15-17/h3-6,17H,1-2H3,(H2,12,15). The first-order valence-corrected chi connectivity index (χ1v) is 5.22. The van der Waals surface area contributed by atoms with E-state index in [1.165, 1.54) is 6.20 Å². The summed E-state index contributed by atoms with van der Waals surface area (Å²) in [5.74, 6) is 1.01. The van der Waals surface area contributed by atoms with Gasteiger partial charge in [0.15, 0.2) is 5.84 Å². The minimum Gasteiger partial charge on any atom is -0.421 e. The van der Waals surface area contributed by atoms with Crippen LogP contribution < -0.4 is 10.5 Å². The van der Waals surface area contributed by atoms with Crippen LogP contribution in [0.2, 0.25) is 0 Å². The van der Waals surface area contributed by atoms with E-state index in [1.807, 2.05) is 6.92 Å². The second kappa shape index (κ2) is 4.74. The number of nitrogens with zero attached hydrogens (tertiary/aromatic N) is 4. The Kier molecular flexibility index (Phi) is 3.13. The first-order valence-electron chi connectivity index (χ1n) is 5.22. The summed E-state index contributed by atoms with van der Waals surface area (Å²) < 4.78 is 7.16. The molecule has 94 valence electrons. The van der Waals surface area contributed by atoms with E-state index in [2.05, 4.69) is 15.2 Å². The van der Waals surface area contributed by atoms with Crippen LogP contribution in [0.3, 0.4) is 0 Å². The third kappa shape index (κ3) is 2.40. The largest absolute Gasteiger partial charge is 0.421 e. The summed E-state index contributed by atoms with van der Waals surface area (Å²) in [6, 6.07) is 5.09. The van der Waals surface area contributed by atoms with E-state index in [4.69, 9.17) is 15.7 Å². The zero-order chi connectivity index (χ0) is 13.1. The highest BCUT2D eigenvalue weighted by Gasteiger charge is 2.06. The molecule has 0 unspecified atom stereocenters. The number of pyridine rings is 1. The lowest BCUT2D eigenvalue weighted by molar-refractivity contribution is 0.318. The number of hydrogen-bond donors (Lipinski definition) is 2. The van der Waals surface area contributed by atoms with Crippen LogP contribution in [0.1, 0.15) is 11.3 Å². The van der Waals surface area contributed by atoms with Gasteiger partial charge in [0.1, 0.15) is 0 Å². The number of hydrogen-bond acceptors (Lipinski definition) is 5. The van der Waals surface area contributed by atoms with E-state index in [0.29, 0.717) is 17.3 Å². The maximum atomic E-state index is 8.52. The molecule has 0 aliphatic carbocycles. The van der Waals surface area contributed by atoms with Gasteiger partial charge in [-0.1, -0.05) is 5.16 Å². The summed E-state index contributed by atoms with van der Waals surface area (Å²) in [6.45, 7) is 1.88. The summed E-state index contributed by atoms with van der Waals surface area (Å²) >= 11 is 0. The molecule has 0 atom stereocenters. The highest BCUT2D eigenvalue weighted by Crippen LogP contribution is 2.19. The lowest BCUT2D eigenvalue weighted by Gasteiger charge is -2.04. The maximum Gasteiger partial charge on any atom is 0.221 e. The minimum atomic E-state index is 0.00503. The fourth-order valence-corrected chi connectivity index (χ4v) is 1.44. The van der Waals surface area contributed by atoms with E-state index in [9.17, 15) is 0 Å². The molecule has 0 saturated carbocycles. The average Bonchev–Trinajstić information content (AvgIpc) is 2.68. The lowest BCUT2D eigenvalue weighted by Crippen LogP contribution is -2.13. The third-order valence-electron chi connectivity index (χ3n) is 2.31. The molecule has 2 rings (SSSR count). The Bertz CT molecular complexity index is 574. The van der Waals surface area contributed by atoms with Crippen molar-refractivity contribution in [2.24, 2.45) is 17.9 Å². The van der Waals surface area contributed by atoms with Gasteiger partial charge in [-0.3, -0.25) is 0 Å². The van der Waals surface area contributed by atoms with Crippen molar-refractivity contribution in [3.63, 3.8) is 0 Å². The summed E-state index contributed by atoms with van der Waals surface area (Å²) in [7, 11) is 1.78. The van der Waals surface area contributed by atoms with Crippen LogP contribution in [0.15, 0.2) is 29.6 Å². The maximum absolute atomic E-state index is 8.52. The third-order valence-corrected chi connectivity index (χ3v) is 2.31. The highest BCUT2D eigenvalue weighted by atomic mass is 16.5. The molecule has 0 bridgehead atoms. The average molecular weight is 247 g/mol. The molecular formula is C11H13N5O2. The molecule has 3 N–H and O–H groups in total. The number of rotatable bonds is 3. The Balaban J connectivity index is 2.18. The highest BCUT2D eigenvalue weighted by molar-refractivity contribution is 5.96. The van der Waals surface area contributed by atoms with Gasteiger partial charge in [0, 0.05) is 30.9 Å². The fraction of sp³-hybridized carbons (Fsp3) is 0.182. The summed E-state index contributed by atoms with van der Waals surface area (Å²) in [4.78, 5) is 4.06. The van der Waals surface area contributed by atoms with Crippen molar-refractivity contribution < 1.29 is 9.94 Å². The Morgan fingerprint density at radius 3 is 2.78 bits per heavy atom. The molecule has 2 heterocycles. The Morgan fingerprint density at radius 2 is 2.28 bits per heavy atom. The number of oxime groups is 1. The molecule has 0 aliphatic rings. The predicted molar refractivity (Wildman–Crippen MR) is 64.8 cm³/mol. The second-order valence-corrected chi connectivity index (χ2v) is 3.72. The van der Waals surface area contributed by atoms with Gasteiger partial charge in [0.25, 0.3) is 0 Å². The zero-order valence-corrected chi connectivity index (χ0v) is 10.0. The molecule has 7 heteroatoms. The van der Waals surface area contributed by atoms with Gasteiger partial charge in [0.05, 0.1) is 5.69 Å². The minimum absolute atomic E-state index is 0.00503. The van der Waals surface area contributed by atoms with Crippen molar-refractivity contribution in [3.8, 4) is 11.8 Å². The quantitative estimate of drug-likeness (QED) is 0.365. The van der Waals surface area contributed by atoms with Crippen molar-refractivity contribution in [3.05, 3.63) is 35.7 Å². The molecule has 2 aromatic rings. The molecule has 0 radical (unpaired) electrons. The van der Waals surface area contributed by atoms with Crippen molar-refractivity contribution >= 4 is 5.84 Å². The normalized spacial score (nSPS) is 11.6. The van der Waals surface area contributed by atoms with Gasteiger partial charge in [0.2, 0.25) is 11.8 Å². The number of ether oxygens (including phenoxy) is 1. The molecule has 0 aromatic carbocycles. The number of aromatic nitrogens is 3. The van der Waals surface area contributed by atoms with Gasteiger partial charge in [-0.15, -0.1) is 0 Å². The SMILES string of the molecule is Cc1cc(Oc2ccc(/C(N)=N/O)cn2)n(C)n1. The van der Waals surface area contributed by atoms with Crippen LogP contribution in [-0.4, -0.2) is 25.8 Å². The first kappa shape index (κ1) is 11.9. The van der Waals surface area contributed by atoms with Crippen LogP contribution >= 0.6 is 0 Å². The van der Waals surface area contributed by atoms with Gasteiger partial charge >= 0.3 is 0 Å². The van der Waals surface area contributed by atoms with Crippen LogP contribution in [0.5, 0.6) is 11.8 Å². The van der Waals surface area contributed by atoms with Gasteiger partial charge in [-0.05, 0) is 13.0 Å². The van der Waals surface area contributed by atoms with Crippen LogP contribution in [0, 0.1) is 6.92 Å². The molecule has 0 aliphatic heterocycles. The van der Waals surface area contributed by atoms with E-state index < -0.39 is 0 Å². The molecular weight excluding hydrogens is 234 g/mol. The molecule has 0 fully saturated rings. The zero-order valence-electron chi connectivity index (χ0n) is 10.0. The summed E-state index contributed by atoms with van der Waals surface area (Å²) in [5, 5.41) is 15.6. The fourth-order valence-electron chi connectivity index (χ4n) is 1.44. The predicted octanol–water partition coefficient (Wildman–Crippen LogP) is 1.01. The lowest BCUT2D eigenvalue weighted by atomic mass is 10.3. The monoisotopic (exact) mass is 247 g/mol. The number of nitrogens with two attached hydrogens (primary N) is 1. The molecule has 0 amide bonds. The molecule has 7 nitrogen and oxygen atoms in total. The molecule has 18 heavy (non-hydrogen) atoms. The molecule has 0 saturated heterocycles. The van der Waals surface area contributed by atoms with Crippen molar-refractivity contribution in [1.82, 2.24) is 14.8 Å². The first-order chi connectivity index (χ1) is 8.60.